The summed E-state index contributed by atoms with van der Waals surface area (Å²) in [5.74, 6) is 0. The first kappa shape index (κ1) is 16.6. The maximum atomic E-state index is 11.4. The minimum absolute atomic E-state index is 0.541. The van der Waals surface area contributed by atoms with Crippen molar-refractivity contribution in [2.24, 2.45) is 0 Å². The van der Waals surface area contributed by atoms with Crippen molar-refractivity contribution in [3.63, 3.8) is 0 Å². The van der Waals surface area contributed by atoms with Crippen LogP contribution in [0.25, 0.3) is 0 Å². The highest BCUT2D eigenvalue weighted by molar-refractivity contribution is 7.88. The molecular weight excluding hydrogens is 282 g/mol. The molecule has 1 heterocycles. The van der Waals surface area contributed by atoms with E-state index in [1.807, 2.05) is 19.4 Å². The molecule has 1 N–H and O–H groups in total. The zero-order valence-electron chi connectivity index (χ0n) is 11.8. The molecule has 1 aromatic heterocycles. The first-order valence-corrected chi connectivity index (χ1v) is 9.22. The van der Waals surface area contributed by atoms with Gasteiger partial charge in [0.25, 0.3) is 0 Å². The fourth-order valence-corrected chi connectivity index (χ4v) is 3.54. The quantitative estimate of drug-likeness (QED) is 0.698. The second-order valence-electron chi connectivity index (χ2n) is 4.47. The zero-order chi connectivity index (χ0) is 14.3. The maximum Gasteiger partial charge on any atom is 0.211 e. The van der Waals surface area contributed by atoms with E-state index in [4.69, 9.17) is 0 Å². The van der Waals surface area contributed by atoms with Crippen LogP contribution < -0.4 is 5.32 Å². The highest BCUT2D eigenvalue weighted by Gasteiger charge is 2.12. The van der Waals surface area contributed by atoms with E-state index in [1.54, 1.807) is 11.3 Å². The predicted octanol–water partition coefficient (Wildman–Crippen LogP) is 1.26. The second-order valence-corrected chi connectivity index (χ2v) is 7.39. The molecule has 7 heteroatoms. The molecule has 0 aliphatic rings. The third-order valence-electron chi connectivity index (χ3n) is 2.96. The Morgan fingerprint density at radius 3 is 2.68 bits per heavy atom. The van der Waals surface area contributed by atoms with Gasteiger partial charge in [-0.05, 0) is 26.3 Å². The topological polar surface area (TPSA) is 62.3 Å². The van der Waals surface area contributed by atoms with Crippen LogP contribution in [0.2, 0.25) is 0 Å². The largest absolute Gasteiger partial charge is 0.316 e. The number of hydrogen-bond donors (Lipinski definition) is 1. The number of aryl methyl sites for hydroxylation is 1. The number of nitrogens with zero attached hydrogens (tertiary/aromatic N) is 2. The molecule has 19 heavy (non-hydrogen) atoms. The molecule has 0 atom stereocenters. The smallest absolute Gasteiger partial charge is 0.211 e. The van der Waals surface area contributed by atoms with Crippen LogP contribution in [-0.2, 0) is 16.4 Å². The highest BCUT2D eigenvalue weighted by atomic mass is 32.2. The lowest BCUT2D eigenvalue weighted by Gasteiger charge is -2.17. The summed E-state index contributed by atoms with van der Waals surface area (Å²) in [7, 11) is -3.05. The van der Waals surface area contributed by atoms with Crippen molar-refractivity contribution in [3.05, 3.63) is 16.1 Å². The Bertz CT molecular complexity index is 471. The van der Waals surface area contributed by atoms with Crippen molar-refractivity contribution in [1.82, 2.24) is 14.6 Å². The maximum absolute atomic E-state index is 11.4. The molecule has 0 bridgehead atoms. The van der Waals surface area contributed by atoms with Crippen molar-refractivity contribution in [2.45, 2.75) is 26.7 Å². The predicted molar refractivity (Wildman–Crippen MR) is 80.1 cm³/mol. The molecule has 0 aliphatic heterocycles. The monoisotopic (exact) mass is 305 g/mol. The number of rotatable bonds is 9. The van der Waals surface area contributed by atoms with Crippen LogP contribution in [0.1, 0.15) is 23.9 Å². The van der Waals surface area contributed by atoms with Crippen LogP contribution in [0.4, 0.5) is 0 Å². The van der Waals surface area contributed by atoms with Crippen LogP contribution in [-0.4, -0.2) is 50.1 Å². The van der Waals surface area contributed by atoms with Gasteiger partial charge < -0.3 is 5.32 Å². The average molecular weight is 305 g/mol. The highest BCUT2D eigenvalue weighted by Crippen LogP contribution is 2.11. The van der Waals surface area contributed by atoms with Gasteiger partial charge in [-0.2, -0.15) is 0 Å². The summed E-state index contributed by atoms with van der Waals surface area (Å²) < 4.78 is 24.3. The number of thiazole rings is 1. The molecule has 0 saturated heterocycles. The standard InChI is InChI=1S/C12H23N3O2S2/c1-4-15(19(3,16)17)9-5-7-13-8-6-12-11(2)14-10-18-12/h10,13H,4-9H2,1-3H3. The first-order valence-electron chi connectivity index (χ1n) is 6.50. The summed E-state index contributed by atoms with van der Waals surface area (Å²) in [5, 5.41) is 3.34. The normalized spacial score (nSPS) is 12.2. The number of hydrogen-bond acceptors (Lipinski definition) is 5. The Labute approximate surface area is 120 Å². The first-order chi connectivity index (χ1) is 8.95. The Balaban J connectivity index is 2.13. The summed E-state index contributed by atoms with van der Waals surface area (Å²) in [6.45, 7) is 6.76. The lowest BCUT2D eigenvalue weighted by molar-refractivity contribution is 0.419. The molecule has 5 nitrogen and oxygen atoms in total. The van der Waals surface area contributed by atoms with Gasteiger partial charge in [0.15, 0.2) is 0 Å². The van der Waals surface area contributed by atoms with Gasteiger partial charge in [0.1, 0.15) is 0 Å². The van der Waals surface area contributed by atoms with Gasteiger partial charge in [0.2, 0.25) is 10.0 Å². The molecule has 0 radical (unpaired) electrons. The zero-order valence-corrected chi connectivity index (χ0v) is 13.5. The summed E-state index contributed by atoms with van der Waals surface area (Å²) in [6.07, 6.45) is 3.08. The molecule has 0 amide bonds. The molecule has 1 aromatic rings. The summed E-state index contributed by atoms with van der Waals surface area (Å²) in [4.78, 5) is 5.53. The van der Waals surface area contributed by atoms with Gasteiger partial charge in [-0.15, -0.1) is 11.3 Å². The third-order valence-corrected chi connectivity index (χ3v) is 5.33. The minimum atomic E-state index is -3.05. The molecule has 0 aliphatic carbocycles. The van der Waals surface area contributed by atoms with Crippen LogP contribution in [0, 0.1) is 6.92 Å². The van der Waals surface area contributed by atoms with Crippen molar-refractivity contribution in [2.75, 3.05) is 32.4 Å². The fraction of sp³-hybridized carbons (Fsp3) is 0.750. The van der Waals surface area contributed by atoms with Crippen molar-refractivity contribution in [3.8, 4) is 0 Å². The Morgan fingerprint density at radius 2 is 2.16 bits per heavy atom. The van der Waals surface area contributed by atoms with Gasteiger partial charge in [0.05, 0.1) is 17.5 Å². The molecule has 0 unspecified atom stereocenters. The van der Waals surface area contributed by atoms with Crippen LogP contribution in [0.5, 0.6) is 0 Å². The molecule has 0 fully saturated rings. The van der Waals surface area contributed by atoms with Gasteiger partial charge >= 0.3 is 0 Å². The van der Waals surface area contributed by atoms with Gasteiger partial charge in [-0.3, -0.25) is 0 Å². The second kappa shape index (κ2) is 7.94. The van der Waals surface area contributed by atoms with E-state index in [2.05, 4.69) is 10.3 Å². The molecular formula is C12H23N3O2S2. The lowest BCUT2D eigenvalue weighted by atomic mass is 10.3. The van der Waals surface area contributed by atoms with Crippen LogP contribution in [0.3, 0.4) is 0 Å². The Morgan fingerprint density at radius 1 is 1.42 bits per heavy atom. The molecule has 1 rings (SSSR count). The SMILES string of the molecule is CCN(CCCNCCc1scnc1C)S(C)(=O)=O. The van der Waals surface area contributed by atoms with E-state index >= 15 is 0 Å². The third kappa shape index (κ3) is 5.99. The number of sulfonamides is 1. The molecule has 0 aromatic carbocycles. The average Bonchev–Trinajstić information content (AvgIpc) is 2.72. The van der Waals surface area contributed by atoms with E-state index in [0.717, 1.165) is 31.6 Å². The van der Waals surface area contributed by atoms with Gasteiger partial charge in [-0.1, -0.05) is 6.92 Å². The Kier molecular flexibility index (Phi) is 6.92. The lowest BCUT2D eigenvalue weighted by Crippen LogP contribution is -2.32. The van der Waals surface area contributed by atoms with E-state index in [0.29, 0.717) is 13.1 Å². The summed E-state index contributed by atoms with van der Waals surface area (Å²) in [6, 6.07) is 0. The van der Waals surface area contributed by atoms with E-state index in [-0.39, 0.29) is 0 Å². The molecule has 0 spiro atoms. The van der Waals surface area contributed by atoms with Crippen LogP contribution in [0.15, 0.2) is 5.51 Å². The summed E-state index contributed by atoms with van der Waals surface area (Å²) >= 11 is 1.69. The van der Waals surface area contributed by atoms with Gasteiger partial charge in [0, 0.05) is 24.5 Å². The number of aromatic nitrogens is 1. The van der Waals surface area contributed by atoms with Crippen molar-refractivity contribution in [1.29, 1.82) is 0 Å². The van der Waals surface area contributed by atoms with E-state index in [9.17, 15) is 8.42 Å². The van der Waals surface area contributed by atoms with E-state index < -0.39 is 10.0 Å². The van der Waals surface area contributed by atoms with Crippen molar-refractivity contribution >= 4 is 21.4 Å². The van der Waals surface area contributed by atoms with Crippen molar-refractivity contribution < 1.29 is 8.42 Å². The van der Waals surface area contributed by atoms with Gasteiger partial charge in [-0.25, -0.2) is 17.7 Å². The van der Waals surface area contributed by atoms with Crippen LogP contribution >= 0.6 is 11.3 Å². The minimum Gasteiger partial charge on any atom is -0.316 e. The Hall–Kier alpha value is -0.500. The number of nitrogens with one attached hydrogen (secondary N) is 1. The summed E-state index contributed by atoms with van der Waals surface area (Å²) in [5.41, 5.74) is 2.98. The molecule has 0 saturated carbocycles. The molecule has 110 valence electrons. The fourth-order valence-electron chi connectivity index (χ4n) is 1.83. The van der Waals surface area contributed by atoms with E-state index in [1.165, 1.54) is 15.4 Å².